The largest absolute Gasteiger partial charge is 0.370 e. The first-order chi connectivity index (χ1) is 18.2. The Hall–Kier alpha value is -2.67. The maximum Gasteiger partial charge on any atom is 0.261 e. The van der Waals surface area contributed by atoms with Crippen molar-refractivity contribution in [1.29, 1.82) is 0 Å². The minimum Gasteiger partial charge on any atom is -0.370 e. The van der Waals surface area contributed by atoms with Gasteiger partial charge in [-0.3, -0.25) is 19.3 Å². The van der Waals surface area contributed by atoms with Crippen molar-refractivity contribution >= 4 is 52.0 Å². The highest BCUT2D eigenvalue weighted by Gasteiger charge is 2.32. The van der Waals surface area contributed by atoms with Crippen molar-refractivity contribution in [2.75, 3.05) is 49.6 Å². The number of halogens is 4. The summed E-state index contributed by atoms with van der Waals surface area (Å²) in [5.74, 6) is -2.07. The van der Waals surface area contributed by atoms with Gasteiger partial charge in [0.15, 0.2) is 0 Å². The fourth-order valence-corrected chi connectivity index (χ4v) is 5.38. The van der Waals surface area contributed by atoms with E-state index in [1.165, 1.54) is 28.0 Å². The molecule has 1 atom stereocenters. The van der Waals surface area contributed by atoms with Crippen LogP contribution in [-0.2, 0) is 14.3 Å². The molecule has 1 aromatic heterocycles. The Labute approximate surface area is 227 Å². The van der Waals surface area contributed by atoms with Gasteiger partial charge >= 0.3 is 0 Å². The number of nitrogens with one attached hydrogen (secondary N) is 2. The van der Waals surface area contributed by atoms with Gasteiger partial charge < -0.3 is 20.3 Å². The minimum atomic E-state index is -2.69. The number of thiophene rings is 1. The van der Waals surface area contributed by atoms with Crippen LogP contribution in [0.1, 0.15) is 28.9 Å². The van der Waals surface area contributed by atoms with Crippen LogP contribution in [0.2, 0.25) is 4.34 Å². The summed E-state index contributed by atoms with van der Waals surface area (Å²) in [7, 11) is 0. The molecule has 4 rings (SSSR count). The molecule has 1 aliphatic carbocycles. The first-order valence-corrected chi connectivity index (χ1v) is 13.4. The van der Waals surface area contributed by atoms with Gasteiger partial charge in [0.2, 0.25) is 5.91 Å². The van der Waals surface area contributed by atoms with Crippen molar-refractivity contribution in [2.24, 2.45) is 5.92 Å². The fraction of sp³-hybridized carbons (Fsp3) is 0.480. The molecular formula is C25H28ClF3N4O4S. The maximum atomic E-state index is 14.9. The predicted molar refractivity (Wildman–Crippen MR) is 139 cm³/mol. The highest BCUT2D eigenvalue weighted by Crippen LogP contribution is 2.29. The molecule has 38 heavy (non-hydrogen) atoms. The number of nitrogens with zero attached hydrogens (tertiary/aromatic N) is 2. The Bertz CT molecular complexity index is 1160. The zero-order chi connectivity index (χ0) is 27.2. The van der Waals surface area contributed by atoms with E-state index in [0.29, 0.717) is 9.21 Å². The number of hydrogen-bond donors (Lipinski definition) is 2. The first-order valence-electron chi connectivity index (χ1n) is 12.3. The van der Waals surface area contributed by atoms with E-state index in [0.717, 1.165) is 36.7 Å². The molecule has 1 aromatic carbocycles. The van der Waals surface area contributed by atoms with E-state index in [-0.39, 0.29) is 56.0 Å². The Balaban J connectivity index is 1.51. The van der Waals surface area contributed by atoms with E-state index in [9.17, 15) is 27.6 Å². The van der Waals surface area contributed by atoms with Crippen molar-refractivity contribution in [3.05, 3.63) is 45.4 Å². The second-order valence-corrected chi connectivity index (χ2v) is 10.9. The summed E-state index contributed by atoms with van der Waals surface area (Å²) in [5, 5.41) is 5.24. The summed E-state index contributed by atoms with van der Waals surface area (Å²) >= 11 is 6.96. The topological polar surface area (TPSA) is 91.0 Å². The highest BCUT2D eigenvalue weighted by atomic mass is 35.5. The van der Waals surface area contributed by atoms with E-state index >= 15 is 0 Å². The second kappa shape index (κ2) is 12.9. The number of carbonyl (C=O) groups is 3. The van der Waals surface area contributed by atoms with Gasteiger partial charge in [0.05, 0.1) is 28.1 Å². The van der Waals surface area contributed by atoms with Gasteiger partial charge in [-0.1, -0.05) is 18.0 Å². The maximum absolute atomic E-state index is 14.9. The van der Waals surface area contributed by atoms with Crippen LogP contribution in [0.5, 0.6) is 0 Å². The molecule has 0 spiro atoms. The van der Waals surface area contributed by atoms with Crippen LogP contribution >= 0.6 is 22.9 Å². The van der Waals surface area contributed by atoms with Gasteiger partial charge in [-0.25, -0.2) is 13.2 Å². The molecule has 8 nitrogen and oxygen atoms in total. The lowest BCUT2D eigenvalue weighted by Gasteiger charge is -2.36. The normalized spacial score (nSPS) is 17.0. The monoisotopic (exact) mass is 572 g/mol. The van der Waals surface area contributed by atoms with Crippen molar-refractivity contribution in [2.45, 2.75) is 31.7 Å². The first kappa shape index (κ1) is 28.3. The van der Waals surface area contributed by atoms with Crippen molar-refractivity contribution in [3.8, 4) is 0 Å². The van der Waals surface area contributed by atoms with E-state index in [4.69, 9.17) is 16.3 Å². The van der Waals surface area contributed by atoms with Gasteiger partial charge in [0.1, 0.15) is 18.5 Å². The number of amides is 3. The number of rotatable bonds is 11. The van der Waals surface area contributed by atoms with Crippen molar-refractivity contribution in [1.82, 2.24) is 10.2 Å². The Morgan fingerprint density at radius 3 is 2.63 bits per heavy atom. The number of alkyl halides is 2. The molecule has 2 aliphatic rings. The van der Waals surface area contributed by atoms with Crippen LogP contribution in [0, 0.1) is 11.7 Å². The SMILES string of the molecule is O=C(NC[C@@H](C(=O)Nc1ccc(N2CCOCC2=O)c(F)c1)N(CC(F)F)CC1CCC1)c1ccc(Cl)s1. The van der Waals surface area contributed by atoms with Crippen LogP contribution in [0.25, 0.3) is 0 Å². The Morgan fingerprint density at radius 1 is 1.24 bits per heavy atom. The summed E-state index contributed by atoms with van der Waals surface area (Å²) in [6, 6.07) is 5.85. The molecule has 0 bridgehead atoms. The number of morpholine rings is 1. The van der Waals surface area contributed by atoms with Crippen LogP contribution in [0.15, 0.2) is 30.3 Å². The van der Waals surface area contributed by atoms with Crippen LogP contribution < -0.4 is 15.5 Å². The van der Waals surface area contributed by atoms with E-state index < -0.39 is 36.6 Å². The van der Waals surface area contributed by atoms with Crippen molar-refractivity contribution < 1.29 is 32.3 Å². The minimum absolute atomic E-state index is 0.0547. The van der Waals surface area contributed by atoms with E-state index in [2.05, 4.69) is 10.6 Å². The molecule has 2 aromatic rings. The molecule has 1 saturated carbocycles. The smallest absolute Gasteiger partial charge is 0.261 e. The Kier molecular flexibility index (Phi) is 9.64. The molecule has 13 heteroatoms. The molecule has 2 heterocycles. The lowest BCUT2D eigenvalue weighted by atomic mass is 9.85. The zero-order valence-electron chi connectivity index (χ0n) is 20.4. The summed E-state index contributed by atoms with van der Waals surface area (Å²) in [6.07, 6.45) is 0.0549. The summed E-state index contributed by atoms with van der Waals surface area (Å²) < 4.78 is 47.4. The molecule has 1 aliphatic heterocycles. The molecule has 2 fully saturated rings. The molecule has 0 radical (unpaired) electrons. The molecule has 1 saturated heterocycles. The Morgan fingerprint density at radius 2 is 2.03 bits per heavy atom. The predicted octanol–water partition coefficient (Wildman–Crippen LogP) is 4.01. The number of hydrogen-bond acceptors (Lipinski definition) is 6. The third-order valence-corrected chi connectivity index (χ3v) is 7.81. The average molecular weight is 573 g/mol. The van der Waals surface area contributed by atoms with Gasteiger partial charge in [0.25, 0.3) is 18.2 Å². The third kappa shape index (κ3) is 7.25. The van der Waals surface area contributed by atoms with Gasteiger partial charge in [-0.05, 0) is 49.1 Å². The molecule has 3 amide bonds. The van der Waals surface area contributed by atoms with Gasteiger partial charge in [-0.15, -0.1) is 11.3 Å². The van der Waals surface area contributed by atoms with Gasteiger partial charge in [-0.2, -0.15) is 0 Å². The average Bonchev–Trinajstić information content (AvgIpc) is 3.28. The van der Waals surface area contributed by atoms with Gasteiger partial charge in [0, 0.05) is 25.3 Å². The molecule has 206 valence electrons. The quantitative estimate of drug-likeness (QED) is 0.425. The standard InChI is InChI=1S/C25H28ClF3N4O4S/c26-21-7-6-20(38-21)25(36)30-11-19(32(13-22(28)29)12-15-2-1-3-15)24(35)31-16-4-5-18(17(27)10-16)33-8-9-37-14-23(33)34/h4-7,10,15,19,22H,1-3,8-9,11-14H2,(H,30,36)(H,31,35)/t19-/m0/s1. The summed E-state index contributed by atoms with van der Waals surface area (Å²) in [5.41, 5.74) is 0.151. The lowest BCUT2D eigenvalue weighted by Crippen LogP contribution is -2.53. The summed E-state index contributed by atoms with van der Waals surface area (Å²) in [4.78, 5) is 41.0. The van der Waals surface area contributed by atoms with E-state index in [1.54, 1.807) is 6.07 Å². The second-order valence-electron chi connectivity index (χ2n) is 9.22. The number of benzene rings is 1. The molecular weight excluding hydrogens is 545 g/mol. The van der Waals surface area contributed by atoms with Crippen molar-refractivity contribution in [3.63, 3.8) is 0 Å². The van der Waals surface area contributed by atoms with Crippen LogP contribution in [0.3, 0.4) is 0 Å². The summed E-state index contributed by atoms with van der Waals surface area (Å²) in [6.45, 7) is -0.290. The third-order valence-electron chi connectivity index (χ3n) is 6.58. The number of ether oxygens (including phenoxy) is 1. The van der Waals surface area contributed by atoms with Crippen LogP contribution in [-0.4, -0.2) is 74.5 Å². The number of anilines is 2. The van der Waals surface area contributed by atoms with E-state index in [1.807, 2.05) is 0 Å². The zero-order valence-corrected chi connectivity index (χ0v) is 22.0. The number of carbonyl (C=O) groups excluding carboxylic acids is 3. The highest BCUT2D eigenvalue weighted by molar-refractivity contribution is 7.18. The van der Waals surface area contributed by atoms with Crippen LogP contribution in [0.4, 0.5) is 24.5 Å². The lowest BCUT2D eigenvalue weighted by molar-refractivity contribution is -0.126. The molecule has 0 unspecified atom stereocenters. The molecule has 2 N–H and O–H groups in total. The fourth-order valence-electron chi connectivity index (χ4n) is 4.42.